The minimum atomic E-state index is -1.84. The number of fused-ring (bicyclic) bond motifs is 3. The second-order valence-electron chi connectivity index (χ2n) is 12.2. The summed E-state index contributed by atoms with van der Waals surface area (Å²) in [4.78, 5) is 44.9. The minimum Gasteiger partial charge on any atom is -0.356 e. The van der Waals surface area contributed by atoms with Crippen molar-refractivity contribution in [3.05, 3.63) is 91.8 Å². The predicted molar refractivity (Wildman–Crippen MR) is 189 cm³/mol. The monoisotopic (exact) mass is 699 g/mol. The molecule has 2 aromatic carbocycles. The van der Waals surface area contributed by atoms with E-state index in [0.29, 0.717) is 34.3 Å². The van der Waals surface area contributed by atoms with Crippen molar-refractivity contribution in [2.24, 2.45) is 10.7 Å². The molecule has 0 bridgehead atoms. The first-order chi connectivity index (χ1) is 23.5. The van der Waals surface area contributed by atoms with Gasteiger partial charge in [0.15, 0.2) is 11.5 Å². The van der Waals surface area contributed by atoms with Gasteiger partial charge >= 0.3 is 0 Å². The summed E-state index contributed by atoms with van der Waals surface area (Å²) in [6.45, 7) is 6.36. The van der Waals surface area contributed by atoms with Crippen molar-refractivity contribution in [2.75, 3.05) is 18.4 Å². The SMILES string of the molecule is Cc1sc2c(c1C)C(c1ccc(Cl)cc1)=N[C@@H](CC(=O)NCCCC(=O)Nc1ccc(C(=O)C3(F)CC3)c(C#CCN)c1)c1nnc(C)n1-2. The molecule has 0 radical (unpaired) electrons. The molecular weight excluding hydrogens is 665 g/mol. The van der Waals surface area contributed by atoms with Crippen molar-refractivity contribution in [3.8, 4) is 16.8 Å². The fourth-order valence-electron chi connectivity index (χ4n) is 5.73. The Morgan fingerprint density at radius 3 is 2.57 bits per heavy atom. The Bertz CT molecular complexity index is 2050. The van der Waals surface area contributed by atoms with Gasteiger partial charge in [-0.2, -0.15) is 0 Å². The molecule has 10 nitrogen and oxygen atoms in total. The highest BCUT2D eigenvalue weighted by Crippen LogP contribution is 2.43. The first kappa shape index (κ1) is 34.2. The third kappa shape index (κ3) is 7.20. The van der Waals surface area contributed by atoms with Crippen LogP contribution in [0.5, 0.6) is 0 Å². The number of carbonyl (C=O) groups is 3. The Hall–Kier alpha value is -4.70. The molecule has 0 spiro atoms. The number of nitrogens with zero attached hydrogens (tertiary/aromatic N) is 4. The number of aromatic nitrogens is 3. The number of benzene rings is 2. The number of nitrogens with one attached hydrogen (secondary N) is 2. The highest BCUT2D eigenvalue weighted by atomic mass is 35.5. The lowest BCUT2D eigenvalue weighted by atomic mass is 9.99. The number of anilines is 1. The molecule has 1 aliphatic heterocycles. The van der Waals surface area contributed by atoms with Crippen molar-refractivity contribution < 1.29 is 18.8 Å². The topological polar surface area (TPSA) is 144 Å². The van der Waals surface area contributed by atoms with E-state index in [4.69, 9.17) is 22.3 Å². The maximum Gasteiger partial charge on any atom is 0.224 e. The van der Waals surface area contributed by atoms with Crippen molar-refractivity contribution >= 4 is 51.9 Å². The number of aliphatic imine (C=N–C) groups is 1. The van der Waals surface area contributed by atoms with Crippen molar-refractivity contribution in [1.29, 1.82) is 0 Å². The van der Waals surface area contributed by atoms with Crippen LogP contribution >= 0.6 is 22.9 Å². The Morgan fingerprint density at radius 2 is 1.86 bits per heavy atom. The molecule has 4 aromatic rings. The number of nitrogens with two attached hydrogens (primary N) is 1. The summed E-state index contributed by atoms with van der Waals surface area (Å²) in [5.41, 5.74) is 8.32. The number of aryl methyl sites for hydroxylation is 2. The summed E-state index contributed by atoms with van der Waals surface area (Å²) < 4.78 is 16.5. The van der Waals surface area contributed by atoms with E-state index in [1.54, 1.807) is 23.5 Å². The first-order valence-corrected chi connectivity index (χ1v) is 17.2. The molecule has 13 heteroatoms. The molecule has 0 unspecified atom stereocenters. The van der Waals surface area contributed by atoms with Crippen LogP contribution in [0.4, 0.5) is 10.1 Å². The highest BCUT2D eigenvalue weighted by Gasteiger charge is 2.51. The van der Waals surface area contributed by atoms with Crippen LogP contribution in [0.1, 0.15) is 87.3 Å². The lowest BCUT2D eigenvalue weighted by Crippen LogP contribution is -2.27. The molecule has 6 rings (SSSR count). The third-order valence-electron chi connectivity index (χ3n) is 8.61. The van der Waals surface area contributed by atoms with Crippen molar-refractivity contribution in [3.63, 3.8) is 0 Å². The Kier molecular flexibility index (Phi) is 9.79. The average Bonchev–Trinajstić information content (AvgIpc) is 3.66. The number of rotatable bonds is 10. The lowest BCUT2D eigenvalue weighted by Gasteiger charge is -2.13. The van der Waals surface area contributed by atoms with Gasteiger partial charge in [0, 0.05) is 50.8 Å². The van der Waals surface area contributed by atoms with E-state index in [1.165, 1.54) is 6.07 Å². The van der Waals surface area contributed by atoms with Crippen LogP contribution in [-0.4, -0.2) is 56.8 Å². The molecule has 1 atom stereocenters. The van der Waals surface area contributed by atoms with Gasteiger partial charge < -0.3 is 16.4 Å². The zero-order valence-corrected chi connectivity index (χ0v) is 28.9. The number of ketones is 1. The standard InChI is InChI=1S/C36H35ClFN7O3S/c1-20-21(2)49-35-31(20)32(23-8-10-25(37)11-9-23)42-28(34-44-43-22(3)45(34)35)19-30(47)40-17-5-7-29(46)41-26-12-13-27(24(18-26)6-4-16-39)33(48)36(38)14-15-36/h8-13,18,28H,5,7,14-17,19,39H2,1-3H3,(H,40,47)(H,41,46)/t28-/m0/s1. The fraction of sp³-hybridized carbons (Fsp3) is 0.333. The smallest absolute Gasteiger partial charge is 0.224 e. The van der Waals surface area contributed by atoms with Gasteiger partial charge in [-0.05, 0) is 75.9 Å². The summed E-state index contributed by atoms with van der Waals surface area (Å²) in [5, 5.41) is 16.1. The van der Waals surface area contributed by atoms with E-state index in [2.05, 4.69) is 46.5 Å². The minimum absolute atomic E-state index is 0.0340. The van der Waals surface area contributed by atoms with Gasteiger partial charge in [-0.15, -0.1) is 21.5 Å². The van der Waals surface area contributed by atoms with Crippen LogP contribution in [0, 0.1) is 32.6 Å². The third-order valence-corrected chi connectivity index (χ3v) is 10.1. The van der Waals surface area contributed by atoms with Crippen LogP contribution in [0.15, 0.2) is 47.5 Å². The number of thiophene rings is 1. The molecule has 4 N–H and O–H groups in total. The first-order valence-electron chi connectivity index (χ1n) is 16.0. The molecule has 1 aliphatic carbocycles. The van der Waals surface area contributed by atoms with Crippen molar-refractivity contribution in [2.45, 2.75) is 64.6 Å². The number of halogens is 2. The second kappa shape index (κ2) is 14.0. The van der Waals surface area contributed by atoms with E-state index in [1.807, 2.05) is 35.8 Å². The van der Waals surface area contributed by atoms with Crippen LogP contribution < -0.4 is 16.4 Å². The molecular formula is C36H35ClFN7O3S. The number of hydrogen-bond donors (Lipinski definition) is 3. The number of alkyl halides is 1. The molecule has 2 aliphatic rings. The Labute approximate surface area is 292 Å². The van der Waals surface area contributed by atoms with E-state index >= 15 is 0 Å². The Balaban J connectivity index is 1.11. The summed E-state index contributed by atoms with van der Waals surface area (Å²) in [6.07, 6.45) is 0.936. The van der Waals surface area contributed by atoms with Gasteiger partial charge in [0.2, 0.25) is 17.6 Å². The number of carbonyl (C=O) groups excluding carboxylic acids is 3. The van der Waals surface area contributed by atoms with Crippen LogP contribution in [0.25, 0.3) is 5.00 Å². The molecule has 2 amide bonds. The predicted octanol–water partition coefficient (Wildman–Crippen LogP) is 5.72. The van der Waals surface area contributed by atoms with Gasteiger partial charge in [-0.25, -0.2) is 4.39 Å². The van der Waals surface area contributed by atoms with Gasteiger partial charge in [0.25, 0.3) is 0 Å². The van der Waals surface area contributed by atoms with Crippen molar-refractivity contribution in [1.82, 2.24) is 20.1 Å². The highest BCUT2D eigenvalue weighted by molar-refractivity contribution is 7.15. The number of Topliss-reactive ketones (excluding diaryl/α,β-unsaturated/α-hetero) is 1. The van der Waals surface area contributed by atoms with Crippen LogP contribution in [-0.2, 0) is 9.59 Å². The maximum absolute atomic E-state index is 14.5. The largest absolute Gasteiger partial charge is 0.356 e. The quantitative estimate of drug-likeness (QED) is 0.110. The zero-order valence-electron chi connectivity index (χ0n) is 27.3. The zero-order chi connectivity index (χ0) is 34.9. The number of hydrogen-bond acceptors (Lipinski definition) is 8. The van der Waals surface area contributed by atoms with Gasteiger partial charge in [0.1, 0.15) is 16.9 Å². The number of amides is 2. The van der Waals surface area contributed by atoms with E-state index in [0.717, 1.165) is 32.3 Å². The molecule has 1 fully saturated rings. The van der Waals surface area contributed by atoms with Crippen LogP contribution in [0.3, 0.4) is 0 Å². The van der Waals surface area contributed by atoms with E-state index in [9.17, 15) is 18.8 Å². The summed E-state index contributed by atoms with van der Waals surface area (Å²) >= 11 is 7.84. The fourth-order valence-corrected chi connectivity index (χ4v) is 7.07. The molecule has 3 heterocycles. The second-order valence-corrected chi connectivity index (χ2v) is 13.8. The average molecular weight is 700 g/mol. The molecule has 49 heavy (non-hydrogen) atoms. The van der Waals surface area contributed by atoms with Gasteiger partial charge in [-0.3, -0.25) is 23.9 Å². The molecule has 0 saturated heterocycles. The summed E-state index contributed by atoms with van der Waals surface area (Å²) in [7, 11) is 0. The molecule has 1 saturated carbocycles. The molecule has 2 aromatic heterocycles. The summed E-state index contributed by atoms with van der Waals surface area (Å²) in [6, 6.07) is 11.5. The molecule has 252 valence electrons. The normalized spacial score (nSPS) is 15.6. The van der Waals surface area contributed by atoms with E-state index < -0.39 is 17.5 Å². The van der Waals surface area contributed by atoms with E-state index in [-0.39, 0.29) is 56.2 Å². The van der Waals surface area contributed by atoms with Gasteiger partial charge in [-0.1, -0.05) is 35.6 Å². The van der Waals surface area contributed by atoms with Gasteiger partial charge in [0.05, 0.1) is 18.7 Å². The summed E-state index contributed by atoms with van der Waals surface area (Å²) in [5.74, 6) is 5.68. The lowest BCUT2D eigenvalue weighted by molar-refractivity contribution is -0.122. The maximum atomic E-state index is 14.5. The van der Waals surface area contributed by atoms with Crippen LogP contribution in [0.2, 0.25) is 5.02 Å². The Morgan fingerprint density at radius 1 is 1.10 bits per heavy atom.